The number of carbonyl (C=O) groups is 1. The molecular weight excluding hydrogens is 288 g/mol. The first kappa shape index (κ1) is 13.9. The molecule has 1 atom stereocenters. The van der Waals surface area contributed by atoms with Gasteiger partial charge < -0.3 is 9.88 Å². The first-order valence-electron chi connectivity index (χ1n) is 6.93. The van der Waals surface area contributed by atoms with Crippen LogP contribution in [-0.2, 0) is 11.3 Å². The molecule has 1 aliphatic carbocycles. The minimum absolute atomic E-state index is 0.0438. The third kappa shape index (κ3) is 2.72. The quantitative estimate of drug-likeness (QED) is 0.882. The van der Waals surface area contributed by atoms with Crippen LogP contribution in [-0.4, -0.2) is 21.5 Å². The van der Waals surface area contributed by atoms with Crippen LogP contribution in [0.5, 0.6) is 0 Å². The lowest BCUT2D eigenvalue weighted by Gasteiger charge is -2.10. The Morgan fingerprint density at radius 1 is 1.62 bits per heavy atom. The number of halogens is 1. The van der Waals surface area contributed by atoms with Crippen molar-refractivity contribution < 1.29 is 4.79 Å². The molecule has 1 N–H and O–H groups in total. The van der Waals surface area contributed by atoms with Gasteiger partial charge in [-0.1, -0.05) is 6.07 Å². The average Bonchev–Trinajstić information content (AvgIpc) is 3.18. The van der Waals surface area contributed by atoms with Gasteiger partial charge in [0, 0.05) is 6.04 Å². The van der Waals surface area contributed by atoms with Gasteiger partial charge in [-0.15, -0.1) is 11.6 Å². The van der Waals surface area contributed by atoms with E-state index in [1.54, 1.807) is 16.7 Å². The van der Waals surface area contributed by atoms with Gasteiger partial charge in [-0.25, -0.2) is 4.98 Å². The van der Waals surface area contributed by atoms with Gasteiger partial charge in [-0.2, -0.15) is 5.26 Å². The summed E-state index contributed by atoms with van der Waals surface area (Å²) in [6.07, 6.45) is 2.10. The Kier molecular flexibility index (Phi) is 3.56. The highest BCUT2D eigenvalue weighted by Crippen LogP contribution is 2.26. The number of aromatic nitrogens is 2. The van der Waals surface area contributed by atoms with Crippen molar-refractivity contribution in [2.45, 2.75) is 37.7 Å². The summed E-state index contributed by atoms with van der Waals surface area (Å²) >= 11 is 6.18. The zero-order valence-corrected chi connectivity index (χ0v) is 12.4. The number of para-hydroxylation sites is 1. The van der Waals surface area contributed by atoms with E-state index in [2.05, 4.69) is 16.4 Å². The Morgan fingerprint density at radius 2 is 2.38 bits per heavy atom. The fourth-order valence-corrected chi connectivity index (χ4v) is 2.54. The highest BCUT2D eigenvalue weighted by atomic mass is 35.5. The summed E-state index contributed by atoms with van der Waals surface area (Å²) in [7, 11) is 0. The molecule has 21 heavy (non-hydrogen) atoms. The van der Waals surface area contributed by atoms with Crippen LogP contribution in [0.2, 0.25) is 0 Å². The van der Waals surface area contributed by atoms with Gasteiger partial charge >= 0.3 is 0 Å². The van der Waals surface area contributed by atoms with Gasteiger partial charge in [0.15, 0.2) is 0 Å². The first-order chi connectivity index (χ1) is 10.1. The van der Waals surface area contributed by atoms with Crippen molar-refractivity contribution in [3.63, 3.8) is 0 Å². The summed E-state index contributed by atoms with van der Waals surface area (Å²) < 4.78 is 1.80. The number of imidazole rings is 1. The summed E-state index contributed by atoms with van der Waals surface area (Å²) in [6, 6.07) is 7.81. The lowest BCUT2D eigenvalue weighted by atomic mass is 10.2. The molecule has 1 aliphatic rings. The van der Waals surface area contributed by atoms with E-state index in [0.717, 1.165) is 18.4 Å². The summed E-state index contributed by atoms with van der Waals surface area (Å²) in [4.78, 5) is 16.5. The molecule has 0 aliphatic heterocycles. The molecule has 1 aromatic carbocycles. The lowest BCUT2D eigenvalue weighted by molar-refractivity contribution is -0.121. The highest BCUT2D eigenvalue weighted by Gasteiger charge is 2.25. The third-order valence-electron chi connectivity index (χ3n) is 3.53. The Bertz CT molecular complexity index is 740. The van der Waals surface area contributed by atoms with Crippen molar-refractivity contribution in [3.8, 4) is 6.07 Å². The predicted molar refractivity (Wildman–Crippen MR) is 79.9 cm³/mol. The Balaban J connectivity index is 2.03. The molecule has 1 heterocycles. The number of hydrogen-bond donors (Lipinski definition) is 1. The van der Waals surface area contributed by atoms with E-state index in [-0.39, 0.29) is 17.8 Å². The van der Waals surface area contributed by atoms with Crippen molar-refractivity contribution in [1.82, 2.24) is 14.9 Å². The van der Waals surface area contributed by atoms with E-state index < -0.39 is 0 Å². The summed E-state index contributed by atoms with van der Waals surface area (Å²) in [5.41, 5.74) is 1.86. The molecule has 1 fully saturated rings. The molecule has 1 saturated carbocycles. The number of nitrogens with zero attached hydrogens (tertiary/aromatic N) is 3. The smallest absolute Gasteiger partial charge is 0.240 e. The number of amides is 1. The summed E-state index contributed by atoms with van der Waals surface area (Å²) in [5.74, 6) is 0.568. The van der Waals surface area contributed by atoms with Gasteiger partial charge in [0.2, 0.25) is 5.91 Å². The van der Waals surface area contributed by atoms with Crippen LogP contribution in [0.25, 0.3) is 11.0 Å². The standard InChI is InChI=1S/C15H15ClN4O/c1-9(16)15-19-14-10(7-17)3-2-4-12(14)20(15)8-13(21)18-11-5-6-11/h2-4,9,11H,5-6,8H2,1H3,(H,18,21). The molecule has 1 unspecified atom stereocenters. The summed E-state index contributed by atoms with van der Waals surface area (Å²) in [5, 5.41) is 11.8. The fraction of sp³-hybridized carbons (Fsp3) is 0.400. The van der Waals surface area contributed by atoms with Gasteiger partial charge in [0.25, 0.3) is 0 Å². The zero-order valence-electron chi connectivity index (χ0n) is 11.6. The van der Waals surface area contributed by atoms with Crippen LogP contribution in [0.15, 0.2) is 18.2 Å². The molecular formula is C15H15ClN4O. The number of alkyl halides is 1. The minimum Gasteiger partial charge on any atom is -0.352 e. The van der Waals surface area contributed by atoms with Crippen LogP contribution in [0, 0.1) is 11.3 Å². The molecule has 6 heteroatoms. The number of nitrogens with one attached hydrogen (secondary N) is 1. The maximum absolute atomic E-state index is 12.1. The zero-order chi connectivity index (χ0) is 15.0. The van der Waals surface area contributed by atoms with E-state index in [1.165, 1.54) is 0 Å². The van der Waals surface area contributed by atoms with E-state index in [1.807, 2.05) is 13.0 Å². The fourth-order valence-electron chi connectivity index (χ4n) is 2.37. The van der Waals surface area contributed by atoms with Gasteiger partial charge in [-0.05, 0) is 31.9 Å². The van der Waals surface area contributed by atoms with E-state index in [9.17, 15) is 10.1 Å². The van der Waals surface area contributed by atoms with Crippen molar-refractivity contribution in [2.75, 3.05) is 0 Å². The van der Waals surface area contributed by atoms with Crippen LogP contribution in [0.3, 0.4) is 0 Å². The van der Waals surface area contributed by atoms with Gasteiger partial charge in [0.05, 0.1) is 16.5 Å². The molecule has 0 bridgehead atoms. The maximum Gasteiger partial charge on any atom is 0.240 e. The highest BCUT2D eigenvalue weighted by molar-refractivity contribution is 6.20. The topological polar surface area (TPSA) is 70.7 Å². The van der Waals surface area contributed by atoms with Crippen molar-refractivity contribution in [3.05, 3.63) is 29.6 Å². The predicted octanol–water partition coefficient (Wildman–Crippen LogP) is 2.49. The SMILES string of the molecule is CC(Cl)c1nc2c(C#N)cccc2n1CC(=O)NC1CC1. The van der Waals surface area contributed by atoms with Crippen molar-refractivity contribution >= 4 is 28.5 Å². The van der Waals surface area contributed by atoms with Crippen LogP contribution >= 0.6 is 11.6 Å². The molecule has 1 aromatic heterocycles. The second-order valence-corrected chi connectivity index (χ2v) is 5.95. The van der Waals surface area contributed by atoms with Crippen LogP contribution in [0.4, 0.5) is 0 Å². The largest absolute Gasteiger partial charge is 0.352 e. The number of fused-ring (bicyclic) bond motifs is 1. The maximum atomic E-state index is 12.1. The number of nitriles is 1. The number of carbonyl (C=O) groups excluding carboxylic acids is 1. The van der Waals surface area contributed by atoms with E-state index in [0.29, 0.717) is 22.9 Å². The summed E-state index contributed by atoms with van der Waals surface area (Å²) in [6.45, 7) is 1.98. The van der Waals surface area contributed by atoms with E-state index >= 15 is 0 Å². The number of hydrogen-bond acceptors (Lipinski definition) is 3. The molecule has 5 nitrogen and oxygen atoms in total. The normalized spacial score (nSPS) is 15.7. The monoisotopic (exact) mass is 302 g/mol. The molecule has 1 amide bonds. The molecule has 108 valence electrons. The van der Waals surface area contributed by atoms with E-state index in [4.69, 9.17) is 11.6 Å². The van der Waals surface area contributed by atoms with Crippen LogP contribution < -0.4 is 5.32 Å². The Hall–Kier alpha value is -2.06. The minimum atomic E-state index is -0.335. The molecule has 0 spiro atoms. The molecule has 2 aromatic rings. The molecule has 0 radical (unpaired) electrons. The first-order valence-corrected chi connectivity index (χ1v) is 7.36. The second-order valence-electron chi connectivity index (χ2n) is 5.30. The van der Waals surface area contributed by atoms with Crippen molar-refractivity contribution in [2.24, 2.45) is 0 Å². The molecule has 3 rings (SSSR count). The Labute approximate surface area is 127 Å². The average molecular weight is 303 g/mol. The van der Waals surface area contributed by atoms with Gasteiger partial charge in [-0.3, -0.25) is 4.79 Å². The lowest BCUT2D eigenvalue weighted by Crippen LogP contribution is -2.29. The number of benzene rings is 1. The third-order valence-corrected chi connectivity index (χ3v) is 3.72. The second kappa shape index (κ2) is 5.38. The molecule has 0 saturated heterocycles. The van der Waals surface area contributed by atoms with Crippen LogP contribution in [0.1, 0.15) is 36.5 Å². The van der Waals surface area contributed by atoms with Gasteiger partial charge in [0.1, 0.15) is 24.0 Å². The Morgan fingerprint density at radius 3 is 3.00 bits per heavy atom. The van der Waals surface area contributed by atoms with Crippen molar-refractivity contribution in [1.29, 1.82) is 5.26 Å². The number of rotatable bonds is 4.